The van der Waals surface area contributed by atoms with Crippen molar-refractivity contribution in [1.29, 1.82) is 0 Å². The molecule has 1 aromatic carbocycles. The molecule has 0 saturated carbocycles. The first kappa shape index (κ1) is 15.1. The fourth-order valence-corrected chi connectivity index (χ4v) is 3.63. The number of fused-ring (bicyclic) bond motifs is 2. The van der Waals surface area contributed by atoms with E-state index >= 15 is 0 Å². The minimum absolute atomic E-state index is 0.0629. The zero-order chi connectivity index (χ0) is 16.4. The Kier molecular flexibility index (Phi) is 3.90. The van der Waals surface area contributed by atoms with Gasteiger partial charge in [-0.3, -0.25) is 9.78 Å². The summed E-state index contributed by atoms with van der Waals surface area (Å²) in [6.45, 7) is 2.15. The number of ether oxygens (including phenoxy) is 1. The van der Waals surface area contributed by atoms with Crippen molar-refractivity contribution in [2.45, 2.75) is 25.0 Å². The van der Waals surface area contributed by atoms with Gasteiger partial charge in [0.2, 0.25) is 5.91 Å². The van der Waals surface area contributed by atoms with E-state index in [4.69, 9.17) is 4.74 Å². The van der Waals surface area contributed by atoms with Crippen LogP contribution in [0.4, 0.5) is 0 Å². The normalized spacial score (nSPS) is 18.9. The van der Waals surface area contributed by atoms with Crippen molar-refractivity contribution in [1.82, 2.24) is 9.88 Å². The van der Waals surface area contributed by atoms with Gasteiger partial charge in [0, 0.05) is 31.6 Å². The molecular formula is C20H20N2O2. The molecule has 1 fully saturated rings. The zero-order valence-corrected chi connectivity index (χ0v) is 13.5. The van der Waals surface area contributed by atoms with E-state index in [2.05, 4.69) is 29.2 Å². The average molecular weight is 320 g/mol. The third kappa shape index (κ3) is 2.74. The molecule has 1 aromatic heterocycles. The van der Waals surface area contributed by atoms with Gasteiger partial charge in [0.05, 0.1) is 12.2 Å². The van der Waals surface area contributed by atoms with E-state index in [0.717, 1.165) is 31.5 Å². The van der Waals surface area contributed by atoms with Crippen molar-refractivity contribution in [3.63, 3.8) is 0 Å². The Morgan fingerprint density at radius 3 is 2.67 bits per heavy atom. The second-order valence-corrected chi connectivity index (χ2v) is 6.38. The number of hydrogen-bond donors (Lipinski definition) is 0. The maximum Gasteiger partial charge on any atom is 0.246 e. The predicted molar refractivity (Wildman–Crippen MR) is 92.0 cm³/mol. The fraction of sp³-hybridized carbons (Fsp3) is 0.300. The number of pyridine rings is 1. The number of carbonyl (C=O) groups excluding carboxylic acids is 1. The van der Waals surface area contributed by atoms with Gasteiger partial charge in [-0.25, -0.2) is 0 Å². The van der Waals surface area contributed by atoms with Gasteiger partial charge >= 0.3 is 0 Å². The molecule has 0 aliphatic carbocycles. The summed E-state index contributed by atoms with van der Waals surface area (Å²) in [6, 6.07) is 12.2. The molecule has 2 aliphatic heterocycles. The zero-order valence-electron chi connectivity index (χ0n) is 13.5. The molecule has 1 saturated heterocycles. The third-order valence-corrected chi connectivity index (χ3v) is 5.02. The number of benzene rings is 1. The van der Waals surface area contributed by atoms with Crippen LogP contribution in [0.1, 0.15) is 29.5 Å². The van der Waals surface area contributed by atoms with Gasteiger partial charge in [-0.05, 0) is 47.7 Å². The highest BCUT2D eigenvalue weighted by Crippen LogP contribution is 2.43. The Balaban J connectivity index is 1.42. The van der Waals surface area contributed by atoms with Crippen LogP contribution in [-0.4, -0.2) is 28.9 Å². The van der Waals surface area contributed by atoms with E-state index in [1.165, 1.54) is 11.1 Å². The summed E-state index contributed by atoms with van der Waals surface area (Å²) in [5, 5.41) is 0. The molecule has 4 rings (SSSR count). The first-order chi connectivity index (χ1) is 11.8. The summed E-state index contributed by atoms with van der Waals surface area (Å²) in [4.78, 5) is 18.3. The topological polar surface area (TPSA) is 42.4 Å². The SMILES string of the molecule is O=C(C=Cc1ccncc1)N1CCC2(CC1)OCc1ccccc12. The lowest BCUT2D eigenvalue weighted by Crippen LogP contribution is -2.44. The summed E-state index contributed by atoms with van der Waals surface area (Å²) >= 11 is 0. The molecular weight excluding hydrogens is 300 g/mol. The summed E-state index contributed by atoms with van der Waals surface area (Å²) in [5.74, 6) is 0.0629. The smallest absolute Gasteiger partial charge is 0.246 e. The average Bonchev–Trinajstić information content (AvgIpc) is 3.00. The number of carbonyl (C=O) groups is 1. The Hall–Kier alpha value is -2.46. The van der Waals surface area contributed by atoms with Crippen molar-refractivity contribution in [3.05, 3.63) is 71.6 Å². The highest BCUT2D eigenvalue weighted by Gasteiger charge is 2.42. The summed E-state index contributed by atoms with van der Waals surface area (Å²) in [5.41, 5.74) is 3.39. The highest BCUT2D eigenvalue weighted by atomic mass is 16.5. The number of likely N-dealkylation sites (tertiary alicyclic amines) is 1. The minimum Gasteiger partial charge on any atom is -0.365 e. The summed E-state index contributed by atoms with van der Waals surface area (Å²) in [7, 11) is 0. The molecule has 0 radical (unpaired) electrons. The molecule has 122 valence electrons. The first-order valence-corrected chi connectivity index (χ1v) is 8.36. The van der Waals surface area contributed by atoms with Gasteiger partial charge in [-0.2, -0.15) is 0 Å². The van der Waals surface area contributed by atoms with Gasteiger partial charge in [-0.15, -0.1) is 0 Å². The molecule has 2 aliphatic rings. The molecule has 0 atom stereocenters. The van der Waals surface area contributed by atoms with Crippen LogP contribution < -0.4 is 0 Å². The van der Waals surface area contributed by atoms with E-state index in [1.54, 1.807) is 18.5 Å². The van der Waals surface area contributed by atoms with E-state index < -0.39 is 0 Å². The van der Waals surface area contributed by atoms with Crippen LogP contribution in [0.3, 0.4) is 0 Å². The van der Waals surface area contributed by atoms with Crippen LogP contribution in [0, 0.1) is 0 Å². The van der Waals surface area contributed by atoms with Crippen molar-refractivity contribution in [2.75, 3.05) is 13.1 Å². The second-order valence-electron chi connectivity index (χ2n) is 6.38. The summed E-state index contributed by atoms with van der Waals surface area (Å²) < 4.78 is 6.15. The monoisotopic (exact) mass is 320 g/mol. The maximum absolute atomic E-state index is 12.4. The Bertz CT molecular complexity index is 762. The molecule has 1 amide bonds. The maximum atomic E-state index is 12.4. The molecule has 4 nitrogen and oxygen atoms in total. The molecule has 0 N–H and O–H groups in total. The molecule has 0 unspecified atom stereocenters. The molecule has 1 spiro atoms. The molecule has 2 aromatic rings. The van der Waals surface area contributed by atoms with E-state index in [-0.39, 0.29) is 11.5 Å². The number of nitrogens with zero attached hydrogens (tertiary/aromatic N) is 2. The second kappa shape index (κ2) is 6.21. The van der Waals surface area contributed by atoms with Gasteiger partial charge in [0.25, 0.3) is 0 Å². The van der Waals surface area contributed by atoms with Crippen molar-refractivity contribution in [2.24, 2.45) is 0 Å². The quantitative estimate of drug-likeness (QED) is 0.798. The van der Waals surface area contributed by atoms with Gasteiger partial charge in [0.15, 0.2) is 0 Å². The Labute approximate surface area is 141 Å². The molecule has 0 bridgehead atoms. The number of aromatic nitrogens is 1. The van der Waals surface area contributed by atoms with Crippen LogP contribution >= 0.6 is 0 Å². The molecule has 24 heavy (non-hydrogen) atoms. The third-order valence-electron chi connectivity index (χ3n) is 5.02. The van der Waals surface area contributed by atoms with Crippen LogP contribution in [0.15, 0.2) is 54.9 Å². The van der Waals surface area contributed by atoms with E-state index in [0.29, 0.717) is 6.61 Å². The molecule has 4 heteroatoms. The lowest BCUT2D eigenvalue weighted by Gasteiger charge is -2.39. The van der Waals surface area contributed by atoms with Gasteiger partial charge in [0.1, 0.15) is 0 Å². The van der Waals surface area contributed by atoms with Crippen LogP contribution in [-0.2, 0) is 21.7 Å². The lowest BCUT2D eigenvalue weighted by atomic mass is 9.84. The minimum atomic E-state index is -0.192. The van der Waals surface area contributed by atoms with Gasteiger partial charge in [-0.1, -0.05) is 24.3 Å². The Morgan fingerprint density at radius 2 is 1.88 bits per heavy atom. The number of amides is 1. The number of piperidine rings is 1. The standard InChI is InChI=1S/C20H20N2O2/c23-19(6-5-16-7-11-21-12-8-16)22-13-9-20(10-14-22)18-4-2-1-3-17(18)15-24-20/h1-8,11-12H,9-10,13-15H2. The fourth-order valence-electron chi connectivity index (χ4n) is 3.63. The Morgan fingerprint density at radius 1 is 1.12 bits per heavy atom. The van der Waals surface area contributed by atoms with Crippen LogP contribution in [0.2, 0.25) is 0 Å². The van der Waals surface area contributed by atoms with Crippen molar-refractivity contribution in [3.8, 4) is 0 Å². The first-order valence-electron chi connectivity index (χ1n) is 8.36. The van der Waals surface area contributed by atoms with Crippen molar-refractivity contribution < 1.29 is 9.53 Å². The summed E-state index contributed by atoms with van der Waals surface area (Å²) in [6.07, 6.45) is 8.66. The number of hydrogen-bond acceptors (Lipinski definition) is 3. The molecule has 3 heterocycles. The number of rotatable bonds is 2. The van der Waals surface area contributed by atoms with E-state index in [9.17, 15) is 4.79 Å². The van der Waals surface area contributed by atoms with Crippen LogP contribution in [0.25, 0.3) is 6.08 Å². The lowest BCUT2D eigenvalue weighted by molar-refractivity contribution is -0.133. The highest BCUT2D eigenvalue weighted by molar-refractivity contribution is 5.91. The van der Waals surface area contributed by atoms with Crippen molar-refractivity contribution >= 4 is 12.0 Å². The largest absolute Gasteiger partial charge is 0.365 e. The van der Waals surface area contributed by atoms with Gasteiger partial charge < -0.3 is 9.64 Å². The predicted octanol–water partition coefficient (Wildman–Crippen LogP) is 3.14. The van der Waals surface area contributed by atoms with Crippen LogP contribution in [0.5, 0.6) is 0 Å². The van der Waals surface area contributed by atoms with E-state index in [1.807, 2.05) is 23.1 Å².